The molecule has 0 spiro atoms. The Balaban J connectivity index is 2.35. The van der Waals surface area contributed by atoms with Crippen molar-refractivity contribution in [3.63, 3.8) is 0 Å². The molecule has 0 N–H and O–H groups in total. The number of hydrogen-bond acceptors (Lipinski definition) is 2. The largest absolute Gasteiger partial charge is 0.255 e. The van der Waals surface area contributed by atoms with Crippen molar-refractivity contribution in [3.05, 3.63) is 48.3 Å². The van der Waals surface area contributed by atoms with Gasteiger partial charge < -0.3 is 0 Å². The van der Waals surface area contributed by atoms with Crippen LogP contribution < -0.4 is 0 Å². The van der Waals surface area contributed by atoms with Gasteiger partial charge in [0, 0.05) is 12.4 Å². The van der Waals surface area contributed by atoms with E-state index in [-0.39, 0.29) is 0 Å². The lowest BCUT2D eigenvalue weighted by Crippen LogP contribution is -2.02. The summed E-state index contributed by atoms with van der Waals surface area (Å²) in [5.74, 6) is 0.589. The lowest BCUT2D eigenvalue weighted by molar-refractivity contribution is 0.569. The number of pyridine rings is 2. The summed E-state index contributed by atoms with van der Waals surface area (Å²) < 4.78 is 0. The topological polar surface area (TPSA) is 25.8 Å². The molecule has 1 atom stereocenters. The zero-order valence-electron chi connectivity index (χ0n) is 11.8. The molecule has 0 aliphatic rings. The van der Waals surface area contributed by atoms with Crippen molar-refractivity contribution >= 4 is 0 Å². The van der Waals surface area contributed by atoms with Crippen LogP contribution >= 0.6 is 0 Å². The van der Waals surface area contributed by atoms with E-state index < -0.39 is 0 Å². The first-order valence-corrected chi connectivity index (χ1v) is 7.23. The number of nitrogens with zero attached hydrogens (tertiary/aromatic N) is 2. The van der Waals surface area contributed by atoms with Crippen molar-refractivity contribution in [2.45, 2.75) is 45.4 Å². The van der Waals surface area contributed by atoms with Crippen molar-refractivity contribution in [2.24, 2.45) is 0 Å². The molecular formula is C17H22N2. The van der Waals surface area contributed by atoms with E-state index in [1.165, 1.54) is 24.8 Å². The molecule has 0 saturated heterocycles. The van der Waals surface area contributed by atoms with Crippen molar-refractivity contribution in [1.29, 1.82) is 0 Å². The van der Waals surface area contributed by atoms with Crippen LogP contribution in [0.3, 0.4) is 0 Å². The highest BCUT2D eigenvalue weighted by atomic mass is 14.8. The van der Waals surface area contributed by atoms with Crippen molar-refractivity contribution in [1.82, 2.24) is 9.97 Å². The zero-order chi connectivity index (χ0) is 13.5. The van der Waals surface area contributed by atoms with Crippen molar-refractivity contribution < 1.29 is 0 Å². The second kappa shape index (κ2) is 7.03. The maximum Gasteiger partial charge on any atom is 0.0920 e. The fraction of sp³-hybridized carbons (Fsp3) is 0.412. The molecule has 19 heavy (non-hydrogen) atoms. The van der Waals surface area contributed by atoms with E-state index in [1.54, 1.807) is 0 Å². The molecule has 2 aromatic rings. The molecule has 2 aromatic heterocycles. The molecule has 100 valence electrons. The van der Waals surface area contributed by atoms with Gasteiger partial charge in [0.1, 0.15) is 0 Å². The van der Waals surface area contributed by atoms with E-state index in [1.807, 2.05) is 36.7 Å². The molecule has 0 fully saturated rings. The highest BCUT2D eigenvalue weighted by Crippen LogP contribution is 2.31. The Bertz CT molecular complexity index is 494. The van der Waals surface area contributed by atoms with Crippen LogP contribution in [0.25, 0.3) is 11.4 Å². The van der Waals surface area contributed by atoms with Crippen LogP contribution in [-0.4, -0.2) is 9.97 Å². The third-order valence-corrected chi connectivity index (χ3v) is 3.59. The summed E-state index contributed by atoms with van der Waals surface area (Å²) in [6, 6.07) is 10.3. The van der Waals surface area contributed by atoms with Gasteiger partial charge in [-0.15, -0.1) is 0 Å². The summed E-state index contributed by atoms with van der Waals surface area (Å²) in [5, 5.41) is 0. The number of unbranched alkanes of at least 4 members (excludes halogenated alkanes) is 1. The van der Waals surface area contributed by atoms with Gasteiger partial charge in [-0.2, -0.15) is 0 Å². The number of aromatic nitrogens is 2. The minimum atomic E-state index is 0.589. The van der Waals surface area contributed by atoms with Gasteiger partial charge in [-0.25, -0.2) is 0 Å². The minimum absolute atomic E-state index is 0.589. The Kier molecular flexibility index (Phi) is 5.08. The fourth-order valence-corrected chi connectivity index (χ4v) is 2.49. The van der Waals surface area contributed by atoms with E-state index in [0.29, 0.717) is 5.92 Å². The van der Waals surface area contributed by atoms with Gasteiger partial charge in [-0.3, -0.25) is 9.97 Å². The van der Waals surface area contributed by atoms with E-state index in [2.05, 4.69) is 29.9 Å². The summed E-state index contributed by atoms with van der Waals surface area (Å²) in [7, 11) is 0. The van der Waals surface area contributed by atoms with Crippen LogP contribution in [-0.2, 0) is 0 Å². The third kappa shape index (κ3) is 3.40. The monoisotopic (exact) mass is 254 g/mol. The summed E-state index contributed by atoms with van der Waals surface area (Å²) in [6.07, 6.45) is 8.61. The average molecular weight is 254 g/mol. The van der Waals surface area contributed by atoms with Gasteiger partial charge in [0.2, 0.25) is 0 Å². The average Bonchev–Trinajstić information content (AvgIpc) is 2.49. The standard InChI is InChI=1S/C17H22N2/c1-3-5-9-14(4-2)15-10-8-13-19-17(15)16-11-6-7-12-18-16/h6-8,10-14H,3-5,9H2,1-2H3. The molecule has 0 aliphatic heterocycles. The Morgan fingerprint density at radius 2 is 1.84 bits per heavy atom. The van der Waals surface area contributed by atoms with Crippen LogP contribution in [0.2, 0.25) is 0 Å². The SMILES string of the molecule is CCCCC(CC)c1cccnc1-c1ccccn1. The molecule has 2 heteroatoms. The molecule has 0 radical (unpaired) electrons. The van der Waals surface area contributed by atoms with Crippen molar-refractivity contribution in [2.75, 3.05) is 0 Å². The lowest BCUT2D eigenvalue weighted by atomic mass is 9.89. The maximum atomic E-state index is 4.56. The first-order chi connectivity index (χ1) is 9.36. The second-order valence-corrected chi connectivity index (χ2v) is 4.90. The van der Waals surface area contributed by atoms with E-state index >= 15 is 0 Å². The molecular weight excluding hydrogens is 232 g/mol. The third-order valence-electron chi connectivity index (χ3n) is 3.59. The first-order valence-electron chi connectivity index (χ1n) is 7.23. The van der Waals surface area contributed by atoms with Gasteiger partial charge in [0.05, 0.1) is 11.4 Å². The molecule has 0 aromatic carbocycles. The van der Waals surface area contributed by atoms with Crippen LogP contribution in [0.4, 0.5) is 0 Å². The van der Waals surface area contributed by atoms with E-state index in [4.69, 9.17) is 0 Å². The molecule has 2 rings (SSSR count). The van der Waals surface area contributed by atoms with Gasteiger partial charge in [0.25, 0.3) is 0 Å². The Labute approximate surface area is 115 Å². The Hall–Kier alpha value is -1.70. The lowest BCUT2D eigenvalue weighted by Gasteiger charge is -2.17. The van der Waals surface area contributed by atoms with E-state index in [0.717, 1.165) is 17.8 Å². The van der Waals surface area contributed by atoms with Gasteiger partial charge in [-0.1, -0.05) is 38.8 Å². The zero-order valence-corrected chi connectivity index (χ0v) is 11.8. The summed E-state index contributed by atoms with van der Waals surface area (Å²) in [4.78, 5) is 9.01. The normalized spacial score (nSPS) is 12.3. The number of rotatable bonds is 6. The highest BCUT2D eigenvalue weighted by Gasteiger charge is 2.15. The molecule has 0 amide bonds. The van der Waals surface area contributed by atoms with Crippen LogP contribution in [0.1, 0.15) is 51.0 Å². The number of hydrogen-bond donors (Lipinski definition) is 0. The van der Waals surface area contributed by atoms with Gasteiger partial charge >= 0.3 is 0 Å². The van der Waals surface area contributed by atoms with Gasteiger partial charge in [-0.05, 0) is 42.5 Å². The van der Waals surface area contributed by atoms with Crippen LogP contribution in [0, 0.1) is 0 Å². The molecule has 2 nitrogen and oxygen atoms in total. The minimum Gasteiger partial charge on any atom is -0.255 e. The van der Waals surface area contributed by atoms with Crippen LogP contribution in [0.5, 0.6) is 0 Å². The summed E-state index contributed by atoms with van der Waals surface area (Å²) in [5.41, 5.74) is 3.37. The molecule has 0 aliphatic carbocycles. The molecule has 2 heterocycles. The van der Waals surface area contributed by atoms with Gasteiger partial charge in [0.15, 0.2) is 0 Å². The predicted octanol–water partition coefficient (Wildman–Crippen LogP) is 4.83. The second-order valence-electron chi connectivity index (χ2n) is 4.90. The summed E-state index contributed by atoms with van der Waals surface area (Å²) >= 11 is 0. The van der Waals surface area contributed by atoms with E-state index in [9.17, 15) is 0 Å². The maximum absolute atomic E-state index is 4.56. The Morgan fingerprint density at radius 1 is 1.00 bits per heavy atom. The Morgan fingerprint density at radius 3 is 2.53 bits per heavy atom. The summed E-state index contributed by atoms with van der Waals surface area (Å²) in [6.45, 7) is 4.51. The fourth-order valence-electron chi connectivity index (χ4n) is 2.49. The quantitative estimate of drug-likeness (QED) is 0.738. The molecule has 1 unspecified atom stereocenters. The van der Waals surface area contributed by atoms with Crippen LogP contribution in [0.15, 0.2) is 42.7 Å². The predicted molar refractivity (Wildman–Crippen MR) is 80.0 cm³/mol. The first kappa shape index (κ1) is 13.7. The smallest absolute Gasteiger partial charge is 0.0920 e. The van der Waals surface area contributed by atoms with Crippen molar-refractivity contribution in [3.8, 4) is 11.4 Å². The highest BCUT2D eigenvalue weighted by molar-refractivity contribution is 5.59. The molecule has 0 bridgehead atoms. The molecule has 0 saturated carbocycles.